The zero-order chi connectivity index (χ0) is 11.7. The second-order valence-electron chi connectivity index (χ2n) is 5.44. The van der Waals surface area contributed by atoms with Crippen molar-refractivity contribution in [2.75, 3.05) is 0 Å². The molecule has 2 heteroatoms. The lowest BCUT2D eigenvalue weighted by atomic mass is 9.80. The molecular formula is C15H21NO. The molecule has 3 rings (SSSR count). The highest BCUT2D eigenvalue weighted by Gasteiger charge is 2.25. The van der Waals surface area contributed by atoms with Gasteiger partial charge in [-0.3, -0.25) is 0 Å². The highest BCUT2D eigenvalue weighted by molar-refractivity contribution is 5.32. The topological polar surface area (TPSA) is 35.2 Å². The van der Waals surface area contributed by atoms with Crippen LogP contribution in [0.4, 0.5) is 0 Å². The molecule has 2 aliphatic carbocycles. The lowest BCUT2D eigenvalue weighted by Gasteiger charge is -2.29. The van der Waals surface area contributed by atoms with Crippen LogP contribution in [0.5, 0.6) is 5.75 Å². The summed E-state index contributed by atoms with van der Waals surface area (Å²) in [5, 5.41) is 0. The summed E-state index contributed by atoms with van der Waals surface area (Å²) < 4.78 is 5.85. The Hall–Kier alpha value is -1.02. The van der Waals surface area contributed by atoms with Crippen molar-refractivity contribution in [3.63, 3.8) is 0 Å². The van der Waals surface area contributed by atoms with Crippen molar-refractivity contribution < 1.29 is 4.74 Å². The summed E-state index contributed by atoms with van der Waals surface area (Å²) in [6.45, 7) is 0. The minimum absolute atomic E-state index is 0.333. The van der Waals surface area contributed by atoms with E-state index in [-0.39, 0.29) is 0 Å². The van der Waals surface area contributed by atoms with E-state index in [1.807, 2.05) is 0 Å². The van der Waals surface area contributed by atoms with E-state index in [4.69, 9.17) is 10.5 Å². The van der Waals surface area contributed by atoms with Crippen LogP contribution in [0, 0.1) is 0 Å². The lowest BCUT2D eigenvalue weighted by molar-refractivity contribution is 0.302. The van der Waals surface area contributed by atoms with Gasteiger partial charge in [0.2, 0.25) is 0 Å². The Morgan fingerprint density at radius 1 is 1.06 bits per heavy atom. The van der Waals surface area contributed by atoms with Gasteiger partial charge in [0.1, 0.15) is 5.75 Å². The summed E-state index contributed by atoms with van der Waals surface area (Å²) in [6, 6.07) is 8.91. The summed E-state index contributed by atoms with van der Waals surface area (Å²) in [5.74, 6) is 1.56. The van der Waals surface area contributed by atoms with Crippen molar-refractivity contribution in [1.29, 1.82) is 0 Å². The normalized spacial score (nSPS) is 29.0. The molecule has 2 N–H and O–H groups in total. The minimum Gasteiger partial charge on any atom is -0.490 e. The van der Waals surface area contributed by atoms with Crippen molar-refractivity contribution >= 4 is 0 Å². The van der Waals surface area contributed by atoms with E-state index < -0.39 is 0 Å². The molecule has 17 heavy (non-hydrogen) atoms. The van der Waals surface area contributed by atoms with Crippen LogP contribution < -0.4 is 10.5 Å². The standard InChI is InChI=1S/C15H21NO/c16-15-7-2-1-6-14(15)11-4-3-5-13(10-11)17-12-8-9-12/h3-5,10,12,14-15H,1-2,6-9,16H2. The maximum atomic E-state index is 6.23. The monoisotopic (exact) mass is 231 g/mol. The number of rotatable bonds is 3. The molecule has 0 spiro atoms. The lowest BCUT2D eigenvalue weighted by Crippen LogP contribution is -2.31. The molecule has 2 saturated carbocycles. The Morgan fingerprint density at radius 3 is 2.65 bits per heavy atom. The SMILES string of the molecule is NC1CCCCC1c1cccc(OC2CC2)c1. The molecule has 0 radical (unpaired) electrons. The largest absolute Gasteiger partial charge is 0.490 e. The molecular weight excluding hydrogens is 210 g/mol. The number of hydrogen-bond acceptors (Lipinski definition) is 2. The fraction of sp³-hybridized carbons (Fsp3) is 0.600. The van der Waals surface area contributed by atoms with Crippen LogP contribution in [-0.2, 0) is 0 Å². The van der Waals surface area contributed by atoms with E-state index in [1.54, 1.807) is 0 Å². The Kier molecular flexibility index (Phi) is 3.06. The van der Waals surface area contributed by atoms with Crippen molar-refractivity contribution in [1.82, 2.24) is 0 Å². The first-order chi connectivity index (χ1) is 8.33. The molecule has 2 aliphatic rings. The molecule has 1 aromatic rings. The third-order valence-corrected chi connectivity index (χ3v) is 3.93. The number of ether oxygens (including phenoxy) is 1. The number of nitrogens with two attached hydrogens (primary N) is 1. The maximum absolute atomic E-state index is 6.23. The Balaban J connectivity index is 1.76. The molecule has 2 fully saturated rings. The summed E-state index contributed by atoms with van der Waals surface area (Å²) in [4.78, 5) is 0. The summed E-state index contributed by atoms with van der Waals surface area (Å²) in [5.41, 5.74) is 7.60. The molecule has 2 atom stereocenters. The van der Waals surface area contributed by atoms with Gasteiger partial charge in [-0.15, -0.1) is 0 Å². The van der Waals surface area contributed by atoms with Crippen LogP contribution in [0.1, 0.15) is 50.0 Å². The molecule has 0 bridgehead atoms. The van der Waals surface area contributed by atoms with E-state index >= 15 is 0 Å². The molecule has 2 unspecified atom stereocenters. The fourth-order valence-electron chi connectivity index (χ4n) is 2.77. The van der Waals surface area contributed by atoms with E-state index in [9.17, 15) is 0 Å². The molecule has 0 amide bonds. The quantitative estimate of drug-likeness (QED) is 0.867. The van der Waals surface area contributed by atoms with Gasteiger partial charge in [-0.25, -0.2) is 0 Å². The second-order valence-corrected chi connectivity index (χ2v) is 5.44. The summed E-state index contributed by atoms with van der Waals surface area (Å²) in [7, 11) is 0. The van der Waals surface area contributed by atoms with Gasteiger partial charge in [-0.2, -0.15) is 0 Å². The van der Waals surface area contributed by atoms with Crippen molar-refractivity contribution in [2.24, 2.45) is 5.73 Å². The van der Waals surface area contributed by atoms with E-state index in [2.05, 4.69) is 24.3 Å². The van der Waals surface area contributed by atoms with E-state index in [0.29, 0.717) is 18.1 Å². The molecule has 0 saturated heterocycles. The van der Waals surface area contributed by atoms with Crippen LogP contribution in [-0.4, -0.2) is 12.1 Å². The van der Waals surface area contributed by atoms with Crippen LogP contribution in [0.25, 0.3) is 0 Å². The zero-order valence-corrected chi connectivity index (χ0v) is 10.3. The average Bonchev–Trinajstić information content (AvgIpc) is 3.14. The van der Waals surface area contributed by atoms with Gasteiger partial charge in [-0.05, 0) is 49.3 Å². The van der Waals surface area contributed by atoms with Gasteiger partial charge in [0.05, 0.1) is 6.10 Å². The van der Waals surface area contributed by atoms with Crippen LogP contribution in [0.2, 0.25) is 0 Å². The maximum Gasteiger partial charge on any atom is 0.120 e. The summed E-state index contributed by atoms with van der Waals surface area (Å²) in [6.07, 6.45) is 7.90. The molecule has 1 aromatic carbocycles. The highest BCUT2D eigenvalue weighted by Crippen LogP contribution is 2.34. The number of hydrogen-bond donors (Lipinski definition) is 1. The first kappa shape index (κ1) is 11.1. The third-order valence-electron chi connectivity index (χ3n) is 3.93. The minimum atomic E-state index is 0.333. The first-order valence-corrected chi connectivity index (χ1v) is 6.85. The van der Waals surface area contributed by atoms with Crippen molar-refractivity contribution in [3.8, 4) is 5.75 Å². The Labute approximate surface area is 103 Å². The van der Waals surface area contributed by atoms with Gasteiger partial charge >= 0.3 is 0 Å². The van der Waals surface area contributed by atoms with E-state index in [0.717, 1.165) is 5.75 Å². The van der Waals surface area contributed by atoms with Gasteiger partial charge in [0.15, 0.2) is 0 Å². The Morgan fingerprint density at radius 2 is 1.88 bits per heavy atom. The predicted octanol–water partition coefficient (Wildman–Crippen LogP) is 3.21. The fourth-order valence-corrected chi connectivity index (χ4v) is 2.77. The Bertz CT molecular complexity index is 386. The molecule has 0 aliphatic heterocycles. The van der Waals surface area contributed by atoms with Gasteiger partial charge in [0, 0.05) is 6.04 Å². The zero-order valence-electron chi connectivity index (χ0n) is 10.3. The third kappa shape index (κ3) is 2.63. The molecule has 2 nitrogen and oxygen atoms in total. The average molecular weight is 231 g/mol. The van der Waals surface area contributed by atoms with Crippen LogP contribution in [0.3, 0.4) is 0 Å². The molecule has 0 heterocycles. The predicted molar refractivity (Wildman–Crippen MR) is 69.3 cm³/mol. The van der Waals surface area contributed by atoms with Crippen LogP contribution in [0.15, 0.2) is 24.3 Å². The van der Waals surface area contributed by atoms with Crippen LogP contribution >= 0.6 is 0 Å². The van der Waals surface area contributed by atoms with Crippen molar-refractivity contribution in [2.45, 2.75) is 56.6 Å². The first-order valence-electron chi connectivity index (χ1n) is 6.85. The molecule has 92 valence electrons. The van der Waals surface area contributed by atoms with Gasteiger partial charge < -0.3 is 10.5 Å². The number of benzene rings is 1. The summed E-state index contributed by atoms with van der Waals surface area (Å²) >= 11 is 0. The van der Waals surface area contributed by atoms with Gasteiger partial charge in [0.25, 0.3) is 0 Å². The van der Waals surface area contributed by atoms with Crippen molar-refractivity contribution in [3.05, 3.63) is 29.8 Å². The second kappa shape index (κ2) is 4.69. The molecule has 0 aromatic heterocycles. The van der Waals surface area contributed by atoms with E-state index in [1.165, 1.54) is 44.1 Å². The smallest absolute Gasteiger partial charge is 0.120 e. The highest BCUT2D eigenvalue weighted by atomic mass is 16.5. The van der Waals surface area contributed by atoms with Gasteiger partial charge in [-0.1, -0.05) is 25.0 Å².